The normalized spacial score (nSPS) is 14.1. The van der Waals surface area contributed by atoms with Crippen molar-refractivity contribution in [3.05, 3.63) is 0 Å². The fourth-order valence-corrected chi connectivity index (χ4v) is 9.47. The number of nitrogens with zero attached hydrogens (tertiary/aromatic N) is 1. The van der Waals surface area contributed by atoms with Gasteiger partial charge < -0.3 is 23.4 Å². The van der Waals surface area contributed by atoms with Gasteiger partial charge in [-0.1, -0.05) is 126 Å². The van der Waals surface area contributed by atoms with Gasteiger partial charge in [-0.2, -0.15) is 0 Å². The summed E-state index contributed by atoms with van der Waals surface area (Å²) in [4.78, 5) is 38.9. The van der Waals surface area contributed by atoms with Gasteiger partial charge in [-0.05, 0) is 109 Å². The van der Waals surface area contributed by atoms with Crippen LogP contribution >= 0.6 is 0 Å². The molecule has 2 atom stereocenters. The lowest BCUT2D eigenvalue weighted by atomic mass is 10.1. The zero-order valence-electron chi connectivity index (χ0n) is 41.3. The molecule has 0 aromatic carbocycles. The summed E-state index contributed by atoms with van der Waals surface area (Å²) in [5, 5.41) is 9.32. The van der Waals surface area contributed by atoms with E-state index in [0.717, 1.165) is 90.3 Å². The Kier molecular flexibility index (Phi) is 29.3. The number of carbonyl (C=O) groups is 3. The molecule has 0 fully saturated rings. The molecule has 0 aromatic heterocycles. The largest absolute Gasteiger partial charge is 0.481 e. The van der Waals surface area contributed by atoms with Crippen LogP contribution in [0.5, 0.6) is 0 Å². The Bertz CT molecular complexity index is 1130. The number of carboxylic acids is 1. The Morgan fingerprint density at radius 2 is 0.966 bits per heavy atom. The van der Waals surface area contributed by atoms with Crippen molar-refractivity contribution >= 4 is 34.5 Å². The second kappa shape index (κ2) is 29.9. The molecule has 0 radical (unpaired) electrons. The van der Waals surface area contributed by atoms with E-state index < -0.39 is 28.2 Å². The van der Waals surface area contributed by atoms with Crippen LogP contribution in [0.1, 0.15) is 210 Å². The Labute approximate surface area is 366 Å². The van der Waals surface area contributed by atoms with Crippen molar-refractivity contribution in [2.75, 3.05) is 26.2 Å². The summed E-state index contributed by atoms with van der Waals surface area (Å²) in [5.74, 6) is -0.980. The number of carbonyl (C=O) groups excluding carboxylic acids is 2. The average molecular weight is 872 g/mol. The van der Waals surface area contributed by atoms with Crippen LogP contribution in [0.25, 0.3) is 0 Å². The van der Waals surface area contributed by atoms with Crippen LogP contribution in [-0.4, -0.2) is 88.6 Å². The number of hydrogen-bond donors (Lipinski definition) is 1. The van der Waals surface area contributed by atoms with E-state index in [9.17, 15) is 19.5 Å². The number of rotatable bonds is 35. The van der Waals surface area contributed by atoms with E-state index in [1.807, 2.05) is 20.8 Å². The van der Waals surface area contributed by atoms with E-state index in [2.05, 4.69) is 79.6 Å². The van der Waals surface area contributed by atoms with Crippen LogP contribution in [0.2, 0.25) is 36.3 Å². The minimum Gasteiger partial charge on any atom is -0.481 e. The SMILES string of the molecule is CCCCCCCCCCCOC(=O)CCCC(CN(CCCCCCC(=O)OC(C)(C)C)CC(CCCCCC(=O)O)O[Si](C)(C)C(C)(C)C)O[Si](C)(C)C(C)(C)C. The second-order valence-corrected chi connectivity index (χ2v) is 31.0. The molecule has 0 saturated heterocycles. The van der Waals surface area contributed by atoms with Crippen molar-refractivity contribution in [2.45, 2.75) is 265 Å². The molecule has 0 amide bonds. The molecular weight excluding hydrogens is 775 g/mol. The van der Waals surface area contributed by atoms with Crippen LogP contribution in [0.3, 0.4) is 0 Å². The molecule has 0 rings (SSSR count). The number of carboxylic acid groups (broad SMARTS) is 1. The summed E-state index contributed by atoms with van der Waals surface area (Å²) in [7, 11) is -4.24. The molecule has 0 aromatic rings. The van der Waals surface area contributed by atoms with E-state index in [4.69, 9.17) is 18.3 Å². The van der Waals surface area contributed by atoms with Crippen molar-refractivity contribution in [1.29, 1.82) is 0 Å². The molecule has 0 spiro atoms. The number of esters is 2. The van der Waals surface area contributed by atoms with E-state index >= 15 is 0 Å². The molecule has 0 bridgehead atoms. The summed E-state index contributed by atoms with van der Waals surface area (Å²) in [6.45, 7) is 33.9. The van der Waals surface area contributed by atoms with Gasteiger partial charge in [0.2, 0.25) is 0 Å². The third-order valence-electron chi connectivity index (χ3n) is 12.3. The summed E-state index contributed by atoms with van der Waals surface area (Å²) in [5.41, 5.74) is -0.465. The maximum Gasteiger partial charge on any atom is 0.306 e. The van der Waals surface area contributed by atoms with Crippen molar-refractivity contribution in [3.8, 4) is 0 Å². The summed E-state index contributed by atoms with van der Waals surface area (Å²) < 4.78 is 25.5. The van der Waals surface area contributed by atoms with Crippen LogP contribution < -0.4 is 0 Å². The van der Waals surface area contributed by atoms with Crippen LogP contribution in [-0.2, 0) is 32.7 Å². The quantitative estimate of drug-likeness (QED) is 0.0378. The fraction of sp³-hybridized carbons (Fsp3) is 0.938. The van der Waals surface area contributed by atoms with E-state index in [1.54, 1.807) is 0 Å². The van der Waals surface area contributed by atoms with Crippen molar-refractivity contribution in [1.82, 2.24) is 4.90 Å². The maximum atomic E-state index is 12.9. The maximum absolute atomic E-state index is 12.9. The van der Waals surface area contributed by atoms with Crippen molar-refractivity contribution in [2.24, 2.45) is 0 Å². The molecule has 1 N–H and O–H groups in total. The lowest BCUT2D eigenvalue weighted by molar-refractivity contribution is -0.155. The first kappa shape index (κ1) is 57.7. The molecule has 2 unspecified atom stereocenters. The standard InChI is InChI=1S/C48H97NO8Si2/c1-15-16-17-18-19-20-21-24-30-38-54-44(52)36-31-33-42(57-59(13,14)48(8,9)10)40-49(37-29-23-22-28-35-45(53)55-46(2,3)4)39-41(32-26-25-27-34-43(50)51)56-58(11,12)47(5,6)7/h41-42H,15-40H2,1-14H3,(H,50,51). The average Bonchev–Trinajstić information content (AvgIpc) is 3.08. The highest BCUT2D eigenvalue weighted by molar-refractivity contribution is 6.74. The summed E-state index contributed by atoms with van der Waals surface area (Å²) >= 11 is 0. The van der Waals surface area contributed by atoms with Gasteiger partial charge in [-0.3, -0.25) is 19.3 Å². The predicted molar refractivity (Wildman–Crippen MR) is 252 cm³/mol. The number of unbranched alkanes of at least 4 members (excludes halogenated alkanes) is 13. The molecule has 0 saturated carbocycles. The van der Waals surface area contributed by atoms with Crippen LogP contribution in [0.15, 0.2) is 0 Å². The minimum absolute atomic E-state index is 0.0254. The molecule has 59 heavy (non-hydrogen) atoms. The molecular formula is C48H97NO8Si2. The third-order valence-corrected chi connectivity index (χ3v) is 21.4. The molecule has 11 heteroatoms. The molecule has 0 heterocycles. The molecule has 350 valence electrons. The summed E-state index contributed by atoms with van der Waals surface area (Å²) in [6.07, 6.45) is 20.8. The van der Waals surface area contributed by atoms with Crippen molar-refractivity contribution in [3.63, 3.8) is 0 Å². The van der Waals surface area contributed by atoms with Gasteiger partial charge in [0, 0.05) is 32.4 Å². The predicted octanol–water partition coefficient (Wildman–Crippen LogP) is 13.6. The smallest absolute Gasteiger partial charge is 0.306 e. The van der Waals surface area contributed by atoms with Crippen LogP contribution in [0.4, 0.5) is 0 Å². The molecule has 0 aliphatic carbocycles. The zero-order valence-corrected chi connectivity index (χ0v) is 43.3. The first-order chi connectivity index (χ1) is 27.3. The lowest BCUT2D eigenvalue weighted by Crippen LogP contribution is -2.50. The fourth-order valence-electron chi connectivity index (χ4n) is 6.72. The van der Waals surface area contributed by atoms with Gasteiger partial charge >= 0.3 is 17.9 Å². The Hall–Kier alpha value is -1.28. The Morgan fingerprint density at radius 1 is 0.542 bits per heavy atom. The van der Waals surface area contributed by atoms with Gasteiger partial charge in [0.1, 0.15) is 5.60 Å². The highest BCUT2D eigenvalue weighted by atomic mass is 28.4. The molecule has 0 aliphatic heterocycles. The number of ether oxygens (including phenoxy) is 2. The highest BCUT2D eigenvalue weighted by Crippen LogP contribution is 2.39. The third kappa shape index (κ3) is 30.4. The van der Waals surface area contributed by atoms with Gasteiger partial charge in [-0.15, -0.1) is 0 Å². The second-order valence-electron chi connectivity index (χ2n) is 21.4. The Balaban J connectivity index is 5.90. The number of hydrogen-bond acceptors (Lipinski definition) is 8. The topological polar surface area (TPSA) is 112 Å². The Morgan fingerprint density at radius 3 is 1.46 bits per heavy atom. The van der Waals surface area contributed by atoms with Gasteiger partial charge in [0.05, 0.1) is 18.8 Å². The van der Waals surface area contributed by atoms with Crippen molar-refractivity contribution < 1.29 is 37.8 Å². The monoisotopic (exact) mass is 872 g/mol. The molecule has 0 aliphatic rings. The minimum atomic E-state index is -2.14. The number of aliphatic carboxylic acids is 1. The first-order valence-corrected chi connectivity index (χ1v) is 29.8. The van der Waals surface area contributed by atoms with Gasteiger partial charge in [0.15, 0.2) is 16.6 Å². The van der Waals surface area contributed by atoms with Gasteiger partial charge in [0.25, 0.3) is 0 Å². The van der Waals surface area contributed by atoms with Crippen LogP contribution in [0, 0.1) is 0 Å². The van der Waals surface area contributed by atoms with E-state index in [-0.39, 0.29) is 40.6 Å². The van der Waals surface area contributed by atoms with Gasteiger partial charge in [-0.25, -0.2) is 0 Å². The zero-order chi connectivity index (χ0) is 45.2. The first-order valence-electron chi connectivity index (χ1n) is 24.0. The van der Waals surface area contributed by atoms with E-state index in [1.165, 1.54) is 44.9 Å². The van der Waals surface area contributed by atoms with E-state index in [0.29, 0.717) is 25.9 Å². The summed E-state index contributed by atoms with van der Waals surface area (Å²) in [6, 6.07) is 0. The highest BCUT2D eigenvalue weighted by Gasteiger charge is 2.41. The molecule has 9 nitrogen and oxygen atoms in total. The lowest BCUT2D eigenvalue weighted by Gasteiger charge is -2.42.